The zero-order valence-corrected chi connectivity index (χ0v) is 16.8. The molecular formula is C24H24N4O. The highest BCUT2D eigenvalue weighted by atomic mass is 16.2. The van der Waals surface area contributed by atoms with E-state index in [0.717, 1.165) is 28.2 Å². The molecule has 1 heterocycles. The highest BCUT2D eigenvalue weighted by molar-refractivity contribution is 5.96. The third-order valence-electron chi connectivity index (χ3n) is 4.94. The fraction of sp³-hybridized carbons (Fsp3) is 0.125. The van der Waals surface area contributed by atoms with Crippen molar-refractivity contribution in [1.82, 2.24) is 10.3 Å². The second-order valence-corrected chi connectivity index (χ2v) is 7.11. The van der Waals surface area contributed by atoms with Crippen molar-refractivity contribution in [3.05, 3.63) is 96.3 Å². The molecule has 0 aromatic heterocycles. The number of amides is 1. The van der Waals surface area contributed by atoms with Crippen LogP contribution in [0.4, 0.5) is 11.4 Å². The average molecular weight is 384 g/mol. The first-order valence-corrected chi connectivity index (χ1v) is 9.57. The molecule has 1 amide bonds. The SMILES string of the molecule is CC1=C(C(=O)N(C)C)NN(c2ccccc2)N1c1ccccc1-c1ccccc1. The number of hydrogen-bond donors (Lipinski definition) is 1. The highest BCUT2D eigenvalue weighted by Gasteiger charge is 2.34. The van der Waals surface area contributed by atoms with Gasteiger partial charge in [-0.3, -0.25) is 10.2 Å². The van der Waals surface area contributed by atoms with Crippen LogP contribution in [0.15, 0.2) is 96.3 Å². The lowest BCUT2D eigenvalue weighted by Crippen LogP contribution is -2.45. The van der Waals surface area contributed by atoms with Crippen molar-refractivity contribution in [3.63, 3.8) is 0 Å². The predicted octanol–water partition coefficient (Wildman–Crippen LogP) is 4.42. The zero-order chi connectivity index (χ0) is 20.4. The lowest BCUT2D eigenvalue weighted by molar-refractivity contribution is -0.125. The van der Waals surface area contributed by atoms with E-state index in [1.807, 2.05) is 72.7 Å². The van der Waals surface area contributed by atoms with E-state index in [1.54, 1.807) is 19.0 Å². The molecule has 1 aliphatic rings. The Morgan fingerprint density at radius 2 is 1.41 bits per heavy atom. The van der Waals surface area contributed by atoms with Gasteiger partial charge in [-0.25, -0.2) is 5.01 Å². The van der Waals surface area contributed by atoms with Crippen LogP contribution in [0.5, 0.6) is 0 Å². The normalized spacial score (nSPS) is 13.5. The molecule has 3 aromatic carbocycles. The molecule has 146 valence electrons. The summed E-state index contributed by atoms with van der Waals surface area (Å²) in [4.78, 5) is 14.4. The van der Waals surface area contributed by atoms with E-state index in [-0.39, 0.29) is 5.91 Å². The van der Waals surface area contributed by atoms with Crippen molar-refractivity contribution in [2.24, 2.45) is 0 Å². The highest BCUT2D eigenvalue weighted by Crippen LogP contribution is 2.37. The van der Waals surface area contributed by atoms with E-state index in [0.29, 0.717) is 5.70 Å². The van der Waals surface area contributed by atoms with Crippen LogP contribution in [0.2, 0.25) is 0 Å². The molecule has 0 aliphatic carbocycles. The molecule has 29 heavy (non-hydrogen) atoms. The summed E-state index contributed by atoms with van der Waals surface area (Å²) in [6, 6.07) is 28.5. The number of anilines is 2. The lowest BCUT2D eigenvalue weighted by atomic mass is 10.0. The lowest BCUT2D eigenvalue weighted by Gasteiger charge is -2.33. The van der Waals surface area contributed by atoms with Crippen molar-refractivity contribution in [1.29, 1.82) is 0 Å². The van der Waals surface area contributed by atoms with Gasteiger partial charge in [-0.05, 0) is 30.7 Å². The van der Waals surface area contributed by atoms with E-state index >= 15 is 0 Å². The van der Waals surface area contributed by atoms with E-state index in [9.17, 15) is 4.79 Å². The minimum absolute atomic E-state index is 0.0666. The number of nitrogens with one attached hydrogen (secondary N) is 1. The first-order valence-electron chi connectivity index (χ1n) is 9.57. The molecule has 1 aliphatic heterocycles. The van der Waals surface area contributed by atoms with Gasteiger partial charge in [0.15, 0.2) is 0 Å². The number of allylic oxidation sites excluding steroid dienone is 1. The van der Waals surface area contributed by atoms with Crippen molar-refractivity contribution in [3.8, 4) is 11.1 Å². The fourth-order valence-electron chi connectivity index (χ4n) is 3.48. The number of likely N-dealkylation sites (N-methyl/N-ethyl adjacent to an activating group) is 1. The van der Waals surface area contributed by atoms with Crippen LogP contribution < -0.4 is 15.6 Å². The molecule has 1 N–H and O–H groups in total. The Hall–Kier alpha value is -3.73. The van der Waals surface area contributed by atoms with Gasteiger partial charge in [-0.2, -0.15) is 5.12 Å². The molecule has 0 fully saturated rings. The molecule has 0 unspecified atom stereocenters. The maximum Gasteiger partial charge on any atom is 0.273 e. The first kappa shape index (κ1) is 18.6. The standard InChI is InChI=1S/C24H24N4O/c1-18-23(24(29)26(2)3)25-28(20-14-8-5-9-15-20)27(18)22-17-11-10-16-21(22)19-12-6-4-7-13-19/h4-17,25H,1-3H3. The maximum atomic E-state index is 12.8. The van der Waals surface area contributed by atoms with E-state index in [1.165, 1.54) is 0 Å². The number of hydrogen-bond acceptors (Lipinski definition) is 4. The Balaban J connectivity index is 1.88. The Morgan fingerprint density at radius 3 is 2.07 bits per heavy atom. The summed E-state index contributed by atoms with van der Waals surface area (Å²) >= 11 is 0. The van der Waals surface area contributed by atoms with Gasteiger partial charge in [0.25, 0.3) is 5.91 Å². The Morgan fingerprint density at radius 1 is 0.828 bits per heavy atom. The summed E-state index contributed by atoms with van der Waals surface area (Å²) < 4.78 is 0. The molecule has 0 saturated heterocycles. The van der Waals surface area contributed by atoms with Crippen molar-refractivity contribution in [2.75, 3.05) is 24.2 Å². The van der Waals surface area contributed by atoms with Gasteiger partial charge < -0.3 is 4.90 Å². The van der Waals surface area contributed by atoms with Crippen LogP contribution in [-0.2, 0) is 4.79 Å². The number of para-hydroxylation sites is 2. The molecule has 4 rings (SSSR count). The largest absolute Gasteiger partial charge is 0.343 e. The van der Waals surface area contributed by atoms with Crippen LogP contribution >= 0.6 is 0 Å². The van der Waals surface area contributed by atoms with Crippen LogP contribution in [0, 0.1) is 0 Å². The van der Waals surface area contributed by atoms with E-state index < -0.39 is 0 Å². The first-order chi connectivity index (χ1) is 14.1. The molecule has 0 radical (unpaired) electrons. The summed E-state index contributed by atoms with van der Waals surface area (Å²) in [6.07, 6.45) is 0. The van der Waals surface area contributed by atoms with Gasteiger partial charge in [0.05, 0.1) is 17.1 Å². The summed E-state index contributed by atoms with van der Waals surface area (Å²) in [6.45, 7) is 1.97. The maximum absolute atomic E-state index is 12.8. The Labute approximate surface area is 171 Å². The summed E-state index contributed by atoms with van der Waals surface area (Å²) in [5, 5.41) is 3.99. The quantitative estimate of drug-likeness (QED) is 0.723. The molecule has 0 bridgehead atoms. The topological polar surface area (TPSA) is 38.8 Å². The van der Waals surface area contributed by atoms with E-state index in [2.05, 4.69) is 34.7 Å². The van der Waals surface area contributed by atoms with Crippen LogP contribution in [0.1, 0.15) is 6.92 Å². The molecule has 0 spiro atoms. The summed E-state index contributed by atoms with van der Waals surface area (Å²) in [5.41, 5.74) is 8.86. The number of carbonyl (C=O) groups is 1. The monoisotopic (exact) mass is 384 g/mol. The van der Waals surface area contributed by atoms with Gasteiger partial charge in [0, 0.05) is 19.7 Å². The molecule has 3 aromatic rings. The molecule has 5 heteroatoms. The van der Waals surface area contributed by atoms with E-state index in [4.69, 9.17) is 0 Å². The van der Waals surface area contributed by atoms with Crippen LogP contribution in [0.25, 0.3) is 11.1 Å². The fourth-order valence-corrected chi connectivity index (χ4v) is 3.48. The third kappa shape index (κ3) is 3.43. The smallest absolute Gasteiger partial charge is 0.273 e. The van der Waals surface area contributed by atoms with Crippen molar-refractivity contribution in [2.45, 2.75) is 6.92 Å². The Kier molecular flexibility index (Phi) is 4.96. The van der Waals surface area contributed by atoms with Gasteiger partial charge in [-0.1, -0.05) is 66.7 Å². The second-order valence-electron chi connectivity index (χ2n) is 7.11. The minimum atomic E-state index is -0.0666. The molecular weight excluding hydrogens is 360 g/mol. The van der Waals surface area contributed by atoms with Crippen LogP contribution in [0.3, 0.4) is 0 Å². The number of rotatable bonds is 4. The predicted molar refractivity (Wildman–Crippen MR) is 118 cm³/mol. The average Bonchev–Trinajstić information content (AvgIpc) is 3.11. The molecule has 0 atom stereocenters. The number of hydrazine groups is 2. The summed E-state index contributed by atoms with van der Waals surface area (Å²) in [7, 11) is 3.52. The molecule has 5 nitrogen and oxygen atoms in total. The second kappa shape index (κ2) is 7.72. The third-order valence-corrected chi connectivity index (χ3v) is 4.94. The van der Waals surface area contributed by atoms with Crippen LogP contribution in [-0.4, -0.2) is 24.9 Å². The minimum Gasteiger partial charge on any atom is -0.343 e. The zero-order valence-electron chi connectivity index (χ0n) is 16.8. The summed E-state index contributed by atoms with van der Waals surface area (Å²) in [5.74, 6) is -0.0666. The van der Waals surface area contributed by atoms with Gasteiger partial charge in [0.1, 0.15) is 5.70 Å². The molecule has 0 saturated carbocycles. The number of benzene rings is 3. The Bertz CT molecular complexity index is 1040. The van der Waals surface area contributed by atoms with Gasteiger partial charge >= 0.3 is 0 Å². The number of nitrogens with zero attached hydrogens (tertiary/aromatic N) is 3. The van der Waals surface area contributed by atoms with Crippen molar-refractivity contribution < 1.29 is 4.79 Å². The number of carbonyl (C=O) groups excluding carboxylic acids is 1. The van der Waals surface area contributed by atoms with Gasteiger partial charge in [0.2, 0.25) is 0 Å². The van der Waals surface area contributed by atoms with Gasteiger partial charge in [-0.15, -0.1) is 0 Å². The van der Waals surface area contributed by atoms with Crippen molar-refractivity contribution >= 4 is 17.3 Å².